The lowest BCUT2D eigenvalue weighted by Crippen LogP contribution is -2.70. The summed E-state index contributed by atoms with van der Waals surface area (Å²) in [5.74, 6) is 0.756. The van der Waals surface area contributed by atoms with Gasteiger partial charge in [0.15, 0.2) is 0 Å². The average molecular weight is 221 g/mol. The van der Waals surface area contributed by atoms with Gasteiger partial charge in [0.25, 0.3) is 0 Å². The van der Waals surface area contributed by atoms with E-state index in [1.165, 1.54) is 0 Å². The summed E-state index contributed by atoms with van der Waals surface area (Å²) in [4.78, 5) is 11.2. The molecule has 1 aliphatic rings. The third kappa shape index (κ3) is 2.32. The highest BCUT2D eigenvalue weighted by molar-refractivity contribution is 5.89. The van der Waals surface area contributed by atoms with Crippen LogP contribution < -0.4 is 21.1 Å². The first-order chi connectivity index (χ1) is 7.81. The first-order valence-electron chi connectivity index (χ1n) is 5.23. The summed E-state index contributed by atoms with van der Waals surface area (Å²) in [6.07, 6.45) is 0. The third-order valence-electron chi connectivity index (χ3n) is 2.55. The van der Waals surface area contributed by atoms with Gasteiger partial charge in [0.1, 0.15) is 18.5 Å². The normalized spacial score (nSPS) is 23.4. The first kappa shape index (κ1) is 10.9. The molecule has 1 aromatic rings. The van der Waals surface area contributed by atoms with Gasteiger partial charge in [-0.25, -0.2) is 0 Å². The molecule has 1 amide bonds. The molecule has 5 heteroatoms. The average Bonchev–Trinajstić information content (AvgIpc) is 2.32. The van der Waals surface area contributed by atoms with E-state index in [1.54, 1.807) is 0 Å². The van der Waals surface area contributed by atoms with E-state index in [0.717, 1.165) is 5.75 Å². The Labute approximate surface area is 94.0 Å². The zero-order valence-corrected chi connectivity index (χ0v) is 8.85. The molecule has 0 aliphatic carbocycles. The number of benzene rings is 1. The fraction of sp³-hybridized carbons (Fsp3) is 0.364. The molecule has 0 saturated carbocycles. The van der Waals surface area contributed by atoms with Crippen LogP contribution in [0.15, 0.2) is 30.3 Å². The lowest BCUT2D eigenvalue weighted by molar-refractivity contribution is -0.131. The number of amides is 1. The Bertz CT molecular complexity index is 356. The van der Waals surface area contributed by atoms with Gasteiger partial charge in [-0.3, -0.25) is 10.1 Å². The van der Waals surface area contributed by atoms with Crippen molar-refractivity contribution in [2.45, 2.75) is 12.1 Å². The SMILES string of the molecule is NCC1NC(=O)C1NCOc1ccccc1. The summed E-state index contributed by atoms with van der Waals surface area (Å²) >= 11 is 0. The molecular weight excluding hydrogens is 206 g/mol. The maximum Gasteiger partial charge on any atom is 0.239 e. The second kappa shape index (κ2) is 4.96. The van der Waals surface area contributed by atoms with Crippen LogP contribution in [0.3, 0.4) is 0 Å². The van der Waals surface area contributed by atoms with Gasteiger partial charge < -0.3 is 15.8 Å². The fourth-order valence-electron chi connectivity index (χ4n) is 1.60. The lowest BCUT2D eigenvalue weighted by atomic mass is 10.00. The van der Waals surface area contributed by atoms with E-state index < -0.39 is 0 Å². The molecule has 0 aromatic heterocycles. The molecule has 1 aliphatic heterocycles. The van der Waals surface area contributed by atoms with Crippen molar-refractivity contribution in [3.63, 3.8) is 0 Å². The van der Waals surface area contributed by atoms with Crippen molar-refractivity contribution in [2.24, 2.45) is 5.73 Å². The Morgan fingerprint density at radius 3 is 2.75 bits per heavy atom. The quantitative estimate of drug-likeness (QED) is 0.460. The number of para-hydroxylation sites is 1. The van der Waals surface area contributed by atoms with Gasteiger partial charge >= 0.3 is 0 Å². The molecule has 1 saturated heterocycles. The van der Waals surface area contributed by atoms with Gasteiger partial charge in [0.05, 0.1) is 6.04 Å². The molecule has 86 valence electrons. The largest absolute Gasteiger partial charge is 0.478 e. The van der Waals surface area contributed by atoms with Crippen molar-refractivity contribution in [1.29, 1.82) is 0 Å². The van der Waals surface area contributed by atoms with Crippen molar-refractivity contribution < 1.29 is 9.53 Å². The van der Waals surface area contributed by atoms with E-state index in [1.807, 2.05) is 30.3 Å². The number of β-lactam (4-membered cyclic amide) rings is 1. The molecule has 0 bridgehead atoms. The summed E-state index contributed by atoms with van der Waals surface area (Å²) in [5, 5.41) is 5.71. The van der Waals surface area contributed by atoms with E-state index in [9.17, 15) is 4.79 Å². The number of nitrogens with one attached hydrogen (secondary N) is 2. The Kier molecular flexibility index (Phi) is 3.38. The summed E-state index contributed by atoms with van der Waals surface area (Å²) in [5.41, 5.74) is 5.47. The van der Waals surface area contributed by atoms with Gasteiger partial charge in [-0.1, -0.05) is 18.2 Å². The highest BCUT2D eigenvalue weighted by Crippen LogP contribution is 2.08. The fourth-order valence-corrected chi connectivity index (χ4v) is 1.60. The summed E-state index contributed by atoms with van der Waals surface area (Å²) in [6.45, 7) is 0.743. The number of rotatable bonds is 5. The second-order valence-corrected chi connectivity index (χ2v) is 3.63. The molecule has 4 N–H and O–H groups in total. The number of hydrogen-bond acceptors (Lipinski definition) is 4. The van der Waals surface area contributed by atoms with Crippen molar-refractivity contribution in [3.8, 4) is 5.75 Å². The highest BCUT2D eigenvalue weighted by atomic mass is 16.5. The van der Waals surface area contributed by atoms with Crippen molar-refractivity contribution in [3.05, 3.63) is 30.3 Å². The maximum absolute atomic E-state index is 11.2. The molecule has 5 nitrogen and oxygen atoms in total. The Morgan fingerprint density at radius 1 is 1.38 bits per heavy atom. The molecule has 2 unspecified atom stereocenters. The van der Waals surface area contributed by atoms with Crippen LogP contribution in [-0.4, -0.2) is 31.3 Å². The van der Waals surface area contributed by atoms with Crippen LogP contribution in [0.2, 0.25) is 0 Å². The Morgan fingerprint density at radius 2 is 2.12 bits per heavy atom. The smallest absolute Gasteiger partial charge is 0.239 e. The number of carbonyl (C=O) groups excluding carboxylic acids is 1. The highest BCUT2D eigenvalue weighted by Gasteiger charge is 2.37. The molecule has 1 heterocycles. The molecule has 1 aromatic carbocycles. The van der Waals surface area contributed by atoms with Crippen LogP contribution in [0.1, 0.15) is 0 Å². The number of carbonyl (C=O) groups is 1. The molecule has 1 fully saturated rings. The summed E-state index contributed by atoms with van der Waals surface area (Å²) in [7, 11) is 0. The van der Waals surface area contributed by atoms with Gasteiger partial charge in [-0.05, 0) is 12.1 Å². The standard InChI is InChI=1S/C11H15N3O2/c12-6-9-10(11(15)14-9)13-7-16-8-4-2-1-3-5-8/h1-5,9-10,13H,6-7,12H2,(H,14,15). The predicted molar refractivity (Wildman–Crippen MR) is 59.8 cm³/mol. The van der Waals surface area contributed by atoms with Crippen molar-refractivity contribution >= 4 is 5.91 Å². The number of hydrogen-bond donors (Lipinski definition) is 3. The monoisotopic (exact) mass is 221 g/mol. The topological polar surface area (TPSA) is 76.4 Å². The van der Waals surface area contributed by atoms with E-state index in [-0.39, 0.29) is 18.0 Å². The van der Waals surface area contributed by atoms with Gasteiger partial charge in [0.2, 0.25) is 5.91 Å². The molecule has 2 rings (SSSR count). The van der Waals surface area contributed by atoms with Gasteiger partial charge in [-0.2, -0.15) is 0 Å². The van der Waals surface area contributed by atoms with E-state index in [2.05, 4.69) is 10.6 Å². The van der Waals surface area contributed by atoms with Crippen LogP contribution in [0.5, 0.6) is 5.75 Å². The summed E-state index contributed by atoms with van der Waals surface area (Å²) < 4.78 is 5.42. The zero-order chi connectivity index (χ0) is 11.4. The summed E-state index contributed by atoms with van der Waals surface area (Å²) in [6, 6.07) is 9.23. The van der Waals surface area contributed by atoms with Gasteiger partial charge in [-0.15, -0.1) is 0 Å². The van der Waals surface area contributed by atoms with Crippen molar-refractivity contribution in [1.82, 2.24) is 10.6 Å². The minimum absolute atomic E-state index is 0.0203. The minimum atomic E-state index is -0.228. The minimum Gasteiger partial charge on any atom is -0.478 e. The second-order valence-electron chi connectivity index (χ2n) is 3.63. The Hall–Kier alpha value is -1.59. The predicted octanol–water partition coefficient (Wildman–Crippen LogP) is -0.562. The molecule has 0 spiro atoms. The molecule has 2 atom stereocenters. The molecule has 0 radical (unpaired) electrons. The van der Waals surface area contributed by atoms with Crippen LogP contribution in [0, 0.1) is 0 Å². The van der Waals surface area contributed by atoms with E-state index >= 15 is 0 Å². The maximum atomic E-state index is 11.2. The van der Waals surface area contributed by atoms with Crippen LogP contribution in [0.25, 0.3) is 0 Å². The zero-order valence-electron chi connectivity index (χ0n) is 8.85. The number of ether oxygens (including phenoxy) is 1. The first-order valence-corrected chi connectivity index (χ1v) is 5.23. The van der Waals surface area contributed by atoms with Gasteiger partial charge in [0, 0.05) is 6.54 Å². The van der Waals surface area contributed by atoms with Crippen LogP contribution in [0.4, 0.5) is 0 Å². The lowest BCUT2D eigenvalue weighted by Gasteiger charge is -2.36. The number of nitrogens with two attached hydrogens (primary N) is 1. The molecular formula is C11H15N3O2. The van der Waals surface area contributed by atoms with Crippen LogP contribution in [-0.2, 0) is 4.79 Å². The third-order valence-corrected chi connectivity index (χ3v) is 2.55. The van der Waals surface area contributed by atoms with Crippen LogP contribution >= 0.6 is 0 Å². The van der Waals surface area contributed by atoms with E-state index in [0.29, 0.717) is 13.3 Å². The Balaban J connectivity index is 1.74. The van der Waals surface area contributed by atoms with Crippen molar-refractivity contribution in [2.75, 3.05) is 13.3 Å². The molecule has 16 heavy (non-hydrogen) atoms. The van der Waals surface area contributed by atoms with E-state index in [4.69, 9.17) is 10.5 Å².